The first-order chi connectivity index (χ1) is 17.1. The van der Waals surface area contributed by atoms with Gasteiger partial charge in [-0.1, -0.05) is 49.4 Å². The number of ether oxygens (including phenoxy) is 2. The van der Waals surface area contributed by atoms with Crippen LogP contribution in [-0.2, 0) is 22.6 Å². The van der Waals surface area contributed by atoms with E-state index < -0.39 is 5.92 Å². The molecule has 0 bridgehead atoms. The van der Waals surface area contributed by atoms with Gasteiger partial charge in [0, 0.05) is 18.7 Å². The van der Waals surface area contributed by atoms with Gasteiger partial charge in [0.25, 0.3) is 0 Å². The van der Waals surface area contributed by atoms with Crippen LogP contribution in [-0.4, -0.2) is 31.7 Å². The van der Waals surface area contributed by atoms with Gasteiger partial charge in [-0.3, -0.25) is 9.59 Å². The minimum Gasteiger partial charge on any atom is -0.493 e. The molecular weight excluding hydrogens is 442 g/mol. The van der Waals surface area contributed by atoms with E-state index in [4.69, 9.17) is 9.47 Å². The van der Waals surface area contributed by atoms with Crippen molar-refractivity contribution in [2.45, 2.75) is 26.4 Å². The summed E-state index contributed by atoms with van der Waals surface area (Å²) in [6.45, 7) is 2.86. The normalized spacial score (nSPS) is 15.4. The number of rotatable bonds is 9. The molecule has 180 valence electrons. The van der Waals surface area contributed by atoms with Crippen LogP contribution in [0.15, 0.2) is 77.9 Å². The summed E-state index contributed by atoms with van der Waals surface area (Å²) in [7, 11) is 1.58. The van der Waals surface area contributed by atoms with Crippen molar-refractivity contribution in [2.75, 3.05) is 18.6 Å². The number of benzene rings is 3. The molecule has 3 aromatic carbocycles. The van der Waals surface area contributed by atoms with Gasteiger partial charge in [-0.15, -0.1) is 0 Å². The van der Waals surface area contributed by atoms with Gasteiger partial charge in [0.05, 0.1) is 19.2 Å². The number of anilines is 1. The maximum atomic E-state index is 12.6. The number of carbonyl (C=O) groups is 2. The van der Waals surface area contributed by atoms with Gasteiger partial charge < -0.3 is 14.4 Å². The molecule has 0 aromatic heterocycles. The fraction of sp³-hybridized carbons (Fsp3) is 0.250. The lowest BCUT2D eigenvalue weighted by Crippen LogP contribution is -2.30. The molecule has 1 aliphatic heterocycles. The molecule has 0 spiro atoms. The van der Waals surface area contributed by atoms with Crippen molar-refractivity contribution in [3.63, 3.8) is 0 Å². The molecule has 7 nitrogen and oxygen atoms in total. The highest BCUT2D eigenvalue weighted by Gasteiger charge is 2.35. The van der Waals surface area contributed by atoms with Crippen LogP contribution in [0.5, 0.6) is 11.5 Å². The summed E-state index contributed by atoms with van der Waals surface area (Å²) in [5.41, 5.74) is 6.38. The van der Waals surface area contributed by atoms with Crippen molar-refractivity contribution in [3.8, 4) is 11.5 Å². The lowest BCUT2D eigenvalue weighted by Gasteiger charge is -2.16. The number of nitrogens with zero attached hydrogens (tertiary/aromatic N) is 2. The van der Waals surface area contributed by atoms with E-state index in [2.05, 4.69) is 17.5 Å². The summed E-state index contributed by atoms with van der Waals surface area (Å²) in [5, 5.41) is 4.08. The fourth-order valence-corrected chi connectivity index (χ4v) is 3.93. The van der Waals surface area contributed by atoms with Crippen molar-refractivity contribution in [2.24, 2.45) is 11.0 Å². The highest BCUT2D eigenvalue weighted by Crippen LogP contribution is 2.29. The molecule has 1 N–H and O–H groups in total. The van der Waals surface area contributed by atoms with Crippen LogP contribution in [0.3, 0.4) is 0 Å². The van der Waals surface area contributed by atoms with Gasteiger partial charge in [-0.05, 0) is 53.4 Å². The van der Waals surface area contributed by atoms with Crippen LogP contribution < -0.4 is 19.8 Å². The Morgan fingerprint density at radius 2 is 1.83 bits per heavy atom. The summed E-state index contributed by atoms with van der Waals surface area (Å²) >= 11 is 0. The smallest absolute Gasteiger partial charge is 0.245 e. The Labute approximate surface area is 205 Å². The maximum absolute atomic E-state index is 12.6. The second-order valence-corrected chi connectivity index (χ2v) is 8.34. The Kier molecular flexibility index (Phi) is 7.77. The van der Waals surface area contributed by atoms with Gasteiger partial charge in [-0.2, -0.15) is 5.10 Å². The number of hydrazone groups is 1. The van der Waals surface area contributed by atoms with Gasteiger partial charge in [0.2, 0.25) is 11.8 Å². The molecule has 35 heavy (non-hydrogen) atoms. The molecular formula is C28H29N3O4. The van der Waals surface area contributed by atoms with Crippen LogP contribution in [0.4, 0.5) is 5.69 Å². The van der Waals surface area contributed by atoms with Crippen LogP contribution in [0.1, 0.15) is 30.0 Å². The third-order valence-corrected chi connectivity index (χ3v) is 5.97. The second kappa shape index (κ2) is 11.3. The van der Waals surface area contributed by atoms with Gasteiger partial charge in [0.1, 0.15) is 6.61 Å². The zero-order valence-electron chi connectivity index (χ0n) is 19.9. The van der Waals surface area contributed by atoms with E-state index in [1.807, 2.05) is 66.7 Å². The van der Waals surface area contributed by atoms with E-state index in [0.29, 0.717) is 24.7 Å². The zero-order chi connectivity index (χ0) is 24.6. The van der Waals surface area contributed by atoms with Crippen LogP contribution in [0.25, 0.3) is 0 Å². The average Bonchev–Trinajstić information content (AvgIpc) is 3.30. The predicted octanol–water partition coefficient (Wildman–Crippen LogP) is 4.34. The van der Waals surface area contributed by atoms with E-state index in [1.54, 1.807) is 24.3 Å². The molecule has 7 heteroatoms. The Bertz CT molecular complexity index is 1190. The van der Waals surface area contributed by atoms with E-state index in [9.17, 15) is 9.59 Å². The molecule has 0 unspecified atom stereocenters. The van der Waals surface area contributed by atoms with Gasteiger partial charge >= 0.3 is 0 Å². The molecule has 2 amide bonds. The number of hydrogen-bond donors (Lipinski definition) is 1. The molecule has 0 aliphatic carbocycles. The van der Waals surface area contributed by atoms with Crippen molar-refractivity contribution < 1.29 is 19.1 Å². The number of carbonyl (C=O) groups excluding carboxylic acids is 2. The topological polar surface area (TPSA) is 80.2 Å². The minimum absolute atomic E-state index is 0.0609. The number of aryl methyl sites for hydroxylation is 1. The van der Waals surface area contributed by atoms with E-state index in [1.165, 1.54) is 5.56 Å². The summed E-state index contributed by atoms with van der Waals surface area (Å²) in [4.78, 5) is 26.7. The van der Waals surface area contributed by atoms with Crippen LogP contribution in [0, 0.1) is 5.92 Å². The standard InChI is InChI=1S/C28H29N3O4/c1-3-20-9-12-24(13-10-20)31-18-23(16-27(31)32)28(33)30-29-17-22-11-14-25(26(15-22)34-2)35-19-21-7-5-4-6-8-21/h4-15,17,23H,3,16,18-19H2,1-2H3,(H,30,33)/b29-17+/t23-/m1/s1. The predicted molar refractivity (Wildman–Crippen MR) is 136 cm³/mol. The molecule has 4 rings (SSSR count). The molecule has 1 saturated heterocycles. The van der Waals surface area contributed by atoms with Crippen molar-refractivity contribution >= 4 is 23.7 Å². The summed E-state index contributed by atoms with van der Waals surface area (Å²) in [6, 6.07) is 23.2. The maximum Gasteiger partial charge on any atom is 0.245 e. The molecule has 0 saturated carbocycles. The molecule has 1 atom stereocenters. The Hall–Kier alpha value is -4.13. The molecule has 0 radical (unpaired) electrons. The summed E-state index contributed by atoms with van der Waals surface area (Å²) < 4.78 is 11.3. The van der Waals surface area contributed by atoms with E-state index >= 15 is 0 Å². The third-order valence-electron chi connectivity index (χ3n) is 5.97. The Morgan fingerprint density at radius 3 is 2.54 bits per heavy atom. The van der Waals surface area contributed by atoms with Crippen molar-refractivity contribution in [1.82, 2.24) is 5.43 Å². The molecule has 1 heterocycles. The SMILES string of the molecule is CCc1ccc(N2C[C@H](C(=O)N/N=C/c3ccc(OCc4ccccc4)c(OC)c3)CC2=O)cc1. The van der Waals surface area contributed by atoms with Gasteiger partial charge in [0.15, 0.2) is 11.5 Å². The van der Waals surface area contributed by atoms with E-state index in [0.717, 1.165) is 23.2 Å². The minimum atomic E-state index is -0.450. The molecule has 3 aromatic rings. The quantitative estimate of drug-likeness (QED) is 0.372. The summed E-state index contributed by atoms with van der Waals surface area (Å²) in [6.07, 6.45) is 2.64. The number of hydrogen-bond acceptors (Lipinski definition) is 5. The van der Waals surface area contributed by atoms with Crippen molar-refractivity contribution in [1.29, 1.82) is 0 Å². The first kappa shape index (κ1) is 24.0. The highest BCUT2D eigenvalue weighted by molar-refractivity contribution is 6.00. The largest absolute Gasteiger partial charge is 0.493 e. The van der Waals surface area contributed by atoms with Gasteiger partial charge in [-0.25, -0.2) is 5.43 Å². The summed E-state index contributed by atoms with van der Waals surface area (Å²) in [5.74, 6) is 0.400. The molecule has 1 aliphatic rings. The Balaban J connectivity index is 1.32. The lowest BCUT2D eigenvalue weighted by atomic mass is 10.1. The zero-order valence-corrected chi connectivity index (χ0v) is 19.9. The average molecular weight is 472 g/mol. The molecule has 1 fully saturated rings. The lowest BCUT2D eigenvalue weighted by molar-refractivity contribution is -0.126. The first-order valence-electron chi connectivity index (χ1n) is 11.6. The third kappa shape index (κ3) is 6.06. The highest BCUT2D eigenvalue weighted by atomic mass is 16.5. The van der Waals surface area contributed by atoms with Crippen molar-refractivity contribution in [3.05, 3.63) is 89.5 Å². The van der Waals surface area contributed by atoms with E-state index in [-0.39, 0.29) is 18.2 Å². The second-order valence-electron chi connectivity index (χ2n) is 8.34. The number of nitrogens with one attached hydrogen (secondary N) is 1. The Morgan fingerprint density at radius 1 is 1.06 bits per heavy atom. The van der Waals surface area contributed by atoms with Crippen LogP contribution >= 0.6 is 0 Å². The number of amides is 2. The monoisotopic (exact) mass is 471 g/mol. The number of methoxy groups -OCH3 is 1. The first-order valence-corrected chi connectivity index (χ1v) is 11.6. The fourth-order valence-electron chi connectivity index (χ4n) is 3.93. The van der Waals surface area contributed by atoms with Crippen LogP contribution in [0.2, 0.25) is 0 Å².